The number of pyridine rings is 1. The van der Waals surface area contributed by atoms with E-state index >= 15 is 4.39 Å². The summed E-state index contributed by atoms with van der Waals surface area (Å²) in [4.78, 5) is 25.7. The number of carbonyl (C=O) groups is 1. The van der Waals surface area contributed by atoms with E-state index < -0.39 is 28.6 Å². The van der Waals surface area contributed by atoms with Gasteiger partial charge in [0.1, 0.15) is 17.0 Å². The Morgan fingerprint density at radius 1 is 1.40 bits per heavy atom. The summed E-state index contributed by atoms with van der Waals surface area (Å²) in [6, 6.07) is 1.30. The fraction of sp³-hybridized carbons (Fsp3) is 0.429. The van der Waals surface area contributed by atoms with Gasteiger partial charge in [-0.15, -0.1) is 0 Å². The predicted molar refractivity (Wildman–Crippen MR) is 111 cm³/mol. The van der Waals surface area contributed by atoms with Gasteiger partial charge in [0.15, 0.2) is 17.3 Å². The molecule has 4 rings (SSSR count). The number of nitrogens with zero attached hydrogens (tertiary/aromatic N) is 2. The molecule has 0 saturated carbocycles. The lowest BCUT2D eigenvalue weighted by atomic mass is 9.93. The van der Waals surface area contributed by atoms with Crippen molar-refractivity contribution < 1.29 is 23.8 Å². The summed E-state index contributed by atoms with van der Waals surface area (Å²) in [7, 11) is 0. The van der Waals surface area contributed by atoms with Crippen molar-refractivity contribution in [1.29, 1.82) is 0 Å². The van der Waals surface area contributed by atoms with Crippen LogP contribution in [0.25, 0.3) is 17.1 Å². The molecule has 1 unspecified atom stereocenters. The zero-order valence-corrected chi connectivity index (χ0v) is 17.3. The molecule has 2 aliphatic rings. The van der Waals surface area contributed by atoms with Crippen LogP contribution in [0.1, 0.15) is 27.7 Å². The molecule has 160 valence electrons. The van der Waals surface area contributed by atoms with E-state index in [1.165, 1.54) is 6.20 Å². The molecule has 1 fully saturated rings. The highest BCUT2D eigenvalue weighted by atomic mass is 19.1. The van der Waals surface area contributed by atoms with Gasteiger partial charge in [0.05, 0.1) is 11.6 Å². The van der Waals surface area contributed by atoms with Crippen molar-refractivity contribution >= 4 is 28.9 Å². The molecule has 1 aromatic heterocycles. The van der Waals surface area contributed by atoms with Gasteiger partial charge in [-0.25, -0.2) is 9.18 Å². The fourth-order valence-electron chi connectivity index (χ4n) is 3.82. The first kappa shape index (κ1) is 20.2. The van der Waals surface area contributed by atoms with Crippen molar-refractivity contribution in [2.24, 2.45) is 5.41 Å². The Kier molecular flexibility index (Phi) is 4.73. The molecule has 0 radical (unpaired) electrons. The van der Waals surface area contributed by atoms with E-state index in [1.54, 1.807) is 10.8 Å². The van der Waals surface area contributed by atoms with Crippen LogP contribution in [0.4, 0.5) is 14.9 Å². The van der Waals surface area contributed by atoms with Crippen LogP contribution in [-0.4, -0.2) is 41.5 Å². The average Bonchev–Trinajstić information content (AvgIpc) is 2.64. The van der Waals surface area contributed by atoms with Gasteiger partial charge in [0.25, 0.3) is 0 Å². The standard InChI is InChI=1S/C21H24FN3O5/c1-11-8-24(6-5-23-11)17-13(22)7-12-16-19(17)30-15(21(2,3)4)10-25(16)9-14(18(12)26)29-20(27)28/h7,9-11,23H,5-6,8H2,1-4H3,(H,27,28). The predicted octanol–water partition coefficient (Wildman–Crippen LogP) is 3.23. The molecule has 1 saturated heterocycles. The molecule has 0 aliphatic carbocycles. The maximum absolute atomic E-state index is 15.4. The molecule has 0 amide bonds. The molecule has 2 N–H and O–H groups in total. The maximum Gasteiger partial charge on any atom is 0.511 e. The zero-order valence-electron chi connectivity index (χ0n) is 17.3. The normalized spacial score (nSPS) is 18.8. The van der Waals surface area contributed by atoms with Crippen LogP contribution in [0, 0.1) is 11.2 Å². The SMILES string of the molecule is CC1CN(c2c(F)cc3c(=O)c(OC(=O)O)cn4c3c2OC(C(C)(C)C)=C4)CCN1. The third kappa shape index (κ3) is 3.39. The van der Waals surface area contributed by atoms with Gasteiger partial charge in [0.2, 0.25) is 5.43 Å². The van der Waals surface area contributed by atoms with E-state index in [1.807, 2.05) is 32.6 Å². The van der Waals surface area contributed by atoms with E-state index in [0.29, 0.717) is 36.6 Å². The summed E-state index contributed by atoms with van der Waals surface area (Å²) >= 11 is 0. The lowest BCUT2D eigenvalue weighted by Gasteiger charge is -2.37. The second kappa shape index (κ2) is 7.02. The number of aromatic nitrogens is 1. The number of ether oxygens (including phenoxy) is 2. The van der Waals surface area contributed by atoms with E-state index in [-0.39, 0.29) is 17.2 Å². The molecule has 2 aromatic rings. The van der Waals surface area contributed by atoms with Crippen LogP contribution in [-0.2, 0) is 0 Å². The highest BCUT2D eigenvalue weighted by Gasteiger charge is 2.32. The quantitative estimate of drug-likeness (QED) is 0.725. The van der Waals surface area contributed by atoms with Gasteiger partial charge in [-0.2, -0.15) is 0 Å². The van der Waals surface area contributed by atoms with E-state index in [0.717, 1.165) is 6.07 Å². The molecule has 1 atom stereocenters. The van der Waals surface area contributed by atoms with Gasteiger partial charge in [-0.1, -0.05) is 20.8 Å². The number of piperazine rings is 1. The van der Waals surface area contributed by atoms with Crippen molar-refractivity contribution in [1.82, 2.24) is 9.88 Å². The van der Waals surface area contributed by atoms with Crippen molar-refractivity contribution in [2.75, 3.05) is 24.5 Å². The van der Waals surface area contributed by atoms with Crippen LogP contribution in [0.15, 0.2) is 22.8 Å². The molecule has 1 aromatic carbocycles. The number of hydrogen-bond donors (Lipinski definition) is 2. The number of benzene rings is 1. The third-order valence-corrected chi connectivity index (χ3v) is 5.26. The van der Waals surface area contributed by atoms with Crippen molar-refractivity contribution in [3.05, 3.63) is 34.1 Å². The molecular formula is C21H24FN3O5. The Morgan fingerprint density at radius 2 is 2.13 bits per heavy atom. The molecule has 30 heavy (non-hydrogen) atoms. The summed E-state index contributed by atoms with van der Waals surface area (Å²) in [6.07, 6.45) is 1.36. The summed E-state index contributed by atoms with van der Waals surface area (Å²) in [5.41, 5.74) is -0.444. The molecule has 2 aliphatic heterocycles. The zero-order chi connectivity index (χ0) is 21.8. The Balaban J connectivity index is 2.02. The molecule has 8 nitrogen and oxygen atoms in total. The van der Waals surface area contributed by atoms with Crippen molar-refractivity contribution in [3.8, 4) is 11.5 Å². The minimum Gasteiger partial charge on any atom is -0.455 e. The van der Waals surface area contributed by atoms with E-state index in [9.17, 15) is 9.59 Å². The highest BCUT2D eigenvalue weighted by molar-refractivity contribution is 5.94. The van der Waals surface area contributed by atoms with Crippen molar-refractivity contribution in [2.45, 2.75) is 33.7 Å². The lowest BCUT2D eigenvalue weighted by Crippen LogP contribution is -2.49. The van der Waals surface area contributed by atoms with Gasteiger partial charge >= 0.3 is 6.16 Å². The maximum atomic E-state index is 15.4. The lowest BCUT2D eigenvalue weighted by molar-refractivity contribution is 0.144. The number of halogens is 1. The van der Waals surface area contributed by atoms with Gasteiger partial charge in [0, 0.05) is 37.3 Å². The summed E-state index contributed by atoms with van der Waals surface area (Å²) in [5.74, 6) is -0.185. The summed E-state index contributed by atoms with van der Waals surface area (Å²) in [6.45, 7) is 9.72. The molecule has 0 bridgehead atoms. The first-order valence-electron chi connectivity index (χ1n) is 9.77. The van der Waals surface area contributed by atoms with Crippen LogP contribution >= 0.6 is 0 Å². The largest absolute Gasteiger partial charge is 0.511 e. The smallest absolute Gasteiger partial charge is 0.455 e. The Labute approximate surface area is 172 Å². The van der Waals surface area contributed by atoms with Crippen LogP contribution in [0.2, 0.25) is 0 Å². The minimum atomic E-state index is -1.61. The highest BCUT2D eigenvalue weighted by Crippen LogP contribution is 2.44. The van der Waals surface area contributed by atoms with Crippen molar-refractivity contribution in [3.63, 3.8) is 0 Å². The molecule has 9 heteroatoms. The summed E-state index contributed by atoms with van der Waals surface area (Å²) in [5, 5.41) is 12.3. The summed E-state index contributed by atoms with van der Waals surface area (Å²) < 4.78 is 27.8. The molecule has 0 spiro atoms. The van der Waals surface area contributed by atoms with E-state index in [4.69, 9.17) is 9.84 Å². The Bertz CT molecular complexity index is 1130. The fourth-order valence-corrected chi connectivity index (χ4v) is 3.82. The first-order chi connectivity index (χ1) is 14.1. The van der Waals surface area contributed by atoms with E-state index in [2.05, 4.69) is 10.1 Å². The number of rotatable bonds is 2. The average molecular weight is 417 g/mol. The minimum absolute atomic E-state index is 0.00241. The van der Waals surface area contributed by atoms with Crippen LogP contribution in [0.3, 0.4) is 0 Å². The van der Waals surface area contributed by atoms with Gasteiger partial charge in [-0.05, 0) is 13.0 Å². The number of carboxylic acid groups (broad SMARTS) is 1. The Morgan fingerprint density at radius 3 is 2.77 bits per heavy atom. The van der Waals surface area contributed by atoms with Gasteiger partial charge < -0.3 is 29.4 Å². The Hall–Kier alpha value is -3.07. The number of allylic oxidation sites excluding steroid dienone is 1. The molecule has 3 heterocycles. The second-order valence-electron chi connectivity index (χ2n) is 8.68. The van der Waals surface area contributed by atoms with Gasteiger partial charge in [-0.3, -0.25) is 4.79 Å². The first-order valence-corrected chi connectivity index (χ1v) is 9.77. The monoisotopic (exact) mass is 417 g/mol. The van der Waals surface area contributed by atoms with Crippen LogP contribution in [0.5, 0.6) is 11.5 Å². The molecular weight excluding hydrogens is 393 g/mol. The van der Waals surface area contributed by atoms with Crippen LogP contribution < -0.4 is 25.1 Å². The second-order valence-corrected chi connectivity index (χ2v) is 8.68. The third-order valence-electron chi connectivity index (χ3n) is 5.26. The number of nitrogens with one attached hydrogen (secondary N) is 1. The number of hydrogen-bond acceptors (Lipinski definition) is 6. The topological polar surface area (TPSA) is 93.0 Å². The number of anilines is 1.